The van der Waals surface area contributed by atoms with Crippen molar-refractivity contribution in [2.24, 2.45) is 5.92 Å². The Bertz CT molecular complexity index is 605. The number of nitrogens with zero attached hydrogens (tertiary/aromatic N) is 2. The minimum atomic E-state index is -0.215. The Morgan fingerprint density at radius 1 is 1.45 bits per heavy atom. The molecule has 0 radical (unpaired) electrons. The molecule has 1 saturated heterocycles. The molecule has 118 valence electrons. The van der Waals surface area contributed by atoms with Crippen LogP contribution in [0.15, 0.2) is 18.2 Å². The molecule has 6 heteroatoms. The third-order valence-corrected chi connectivity index (χ3v) is 4.40. The van der Waals surface area contributed by atoms with Crippen LogP contribution >= 0.6 is 11.6 Å². The molecule has 1 atom stereocenters. The maximum Gasteiger partial charge on any atom is 0.265 e. The second-order valence-corrected chi connectivity index (χ2v) is 6.40. The molecule has 2 aliphatic heterocycles. The number of ether oxygens (including phenoxy) is 1. The lowest BCUT2D eigenvalue weighted by molar-refractivity contribution is -0.133. The van der Waals surface area contributed by atoms with Crippen molar-refractivity contribution in [3.8, 4) is 5.75 Å². The highest BCUT2D eigenvalue weighted by Crippen LogP contribution is 2.34. The van der Waals surface area contributed by atoms with E-state index in [4.69, 9.17) is 16.3 Å². The Balaban J connectivity index is 1.78. The fourth-order valence-corrected chi connectivity index (χ4v) is 3.17. The topological polar surface area (TPSA) is 49.9 Å². The number of benzene rings is 1. The summed E-state index contributed by atoms with van der Waals surface area (Å²) in [6.07, 6.45) is 2.17. The van der Waals surface area contributed by atoms with Crippen LogP contribution in [0.5, 0.6) is 5.75 Å². The van der Waals surface area contributed by atoms with Gasteiger partial charge in [-0.3, -0.25) is 14.5 Å². The highest BCUT2D eigenvalue weighted by atomic mass is 35.5. The van der Waals surface area contributed by atoms with Gasteiger partial charge in [0.05, 0.1) is 5.69 Å². The molecule has 1 fully saturated rings. The molecule has 22 heavy (non-hydrogen) atoms. The van der Waals surface area contributed by atoms with Gasteiger partial charge in [-0.15, -0.1) is 0 Å². The highest BCUT2D eigenvalue weighted by Gasteiger charge is 2.30. The van der Waals surface area contributed by atoms with Crippen LogP contribution in [0.3, 0.4) is 0 Å². The van der Waals surface area contributed by atoms with Gasteiger partial charge in [0.2, 0.25) is 5.91 Å². The first-order chi connectivity index (χ1) is 10.5. The SMILES string of the molecule is CC1CCCN(C(=O)CN2C(=O)COc3ccc(Cl)cc32)C1. The summed E-state index contributed by atoms with van der Waals surface area (Å²) in [4.78, 5) is 28.0. The van der Waals surface area contributed by atoms with Crippen LogP contribution < -0.4 is 9.64 Å². The quantitative estimate of drug-likeness (QED) is 0.839. The fourth-order valence-electron chi connectivity index (χ4n) is 3.00. The summed E-state index contributed by atoms with van der Waals surface area (Å²) in [5.41, 5.74) is 0.571. The summed E-state index contributed by atoms with van der Waals surface area (Å²) >= 11 is 6.01. The van der Waals surface area contributed by atoms with Crippen LogP contribution in [-0.4, -0.2) is 43.0 Å². The number of amides is 2. The van der Waals surface area contributed by atoms with E-state index >= 15 is 0 Å². The van der Waals surface area contributed by atoms with Crippen LogP contribution in [0, 0.1) is 5.92 Å². The van der Waals surface area contributed by atoms with Crippen molar-refractivity contribution < 1.29 is 14.3 Å². The lowest BCUT2D eigenvalue weighted by Gasteiger charge is -2.34. The molecule has 0 spiro atoms. The number of halogens is 1. The van der Waals surface area contributed by atoms with E-state index in [0.29, 0.717) is 22.4 Å². The Hall–Kier alpha value is -1.75. The molecule has 2 heterocycles. The smallest absolute Gasteiger partial charge is 0.265 e. The molecule has 0 bridgehead atoms. The maximum atomic E-state index is 12.5. The molecule has 5 nitrogen and oxygen atoms in total. The van der Waals surface area contributed by atoms with Gasteiger partial charge in [0.15, 0.2) is 6.61 Å². The van der Waals surface area contributed by atoms with Crippen molar-refractivity contribution in [2.45, 2.75) is 19.8 Å². The number of hydrogen-bond donors (Lipinski definition) is 0. The number of rotatable bonds is 2. The van der Waals surface area contributed by atoms with Crippen LogP contribution in [0.2, 0.25) is 5.02 Å². The second-order valence-electron chi connectivity index (χ2n) is 5.97. The Morgan fingerprint density at radius 3 is 3.05 bits per heavy atom. The lowest BCUT2D eigenvalue weighted by atomic mass is 10.0. The average Bonchev–Trinajstić information content (AvgIpc) is 2.50. The van der Waals surface area contributed by atoms with E-state index in [1.54, 1.807) is 18.2 Å². The largest absolute Gasteiger partial charge is 0.482 e. The molecule has 0 aliphatic carbocycles. The van der Waals surface area contributed by atoms with Gasteiger partial charge in [-0.05, 0) is 37.0 Å². The number of anilines is 1. The van der Waals surface area contributed by atoms with E-state index in [-0.39, 0.29) is 25.0 Å². The fraction of sp³-hybridized carbons (Fsp3) is 0.500. The number of carbonyl (C=O) groups excluding carboxylic acids is 2. The zero-order valence-electron chi connectivity index (χ0n) is 12.5. The summed E-state index contributed by atoms with van der Waals surface area (Å²) < 4.78 is 5.39. The van der Waals surface area contributed by atoms with Crippen molar-refractivity contribution in [3.05, 3.63) is 23.2 Å². The van der Waals surface area contributed by atoms with Crippen molar-refractivity contribution in [1.29, 1.82) is 0 Å². The van der Waals surface area contributed by atoms with Crippen LogP contribution in [0.25, 0.3) is 0 Å². The van der Waals surface area contributed by atoms with Gasteiger partial charge in [0.25, 0.3) is 5.91 Å². The minimum Gasteiger partial charge on any atom is -0.482 e. The predicted octanol–water partition coefficient (Wildman–Crippen LogP) is 2.32. The Kier molecular flexibility index (Phi) is 4.25. The molecule has 2 aliphatic rings. The first kappa shape index (κ1) is 15.2. The van der Waals surface area contributed by atoms with Crippen molar-refractivity contribution >= 4 is 29.1 Å². The summed E-state index contributed by atoms with van der Waals surface area (Å²) in [6.45, 7) is 3.68. The monoisotopic (exact) mass is 322 g/mol. The summed E-state index contributed by atoms with van der Waals surface area (Å²) in [6, 6.07) is 5.10. The second kappa shape index (κ2) is 6.16. The van der Waals surface area contributed by atoms with E-state index in [9.17, 15) is 9.59 Å². The predicted molar refractivity (Wildman–Crippen MR) is 84.3 cm³/mol. The first-order valence-corrected chi connectivity index (χ1v) is 7.93. The van der Waals surface area contributed by atoms with Gasteiger partial charge < -0.3 is 9.64 Å². The van der Waals surface area contributed by atoms with E-state index in [2.05, 4.69) is 6.92 Å². The minimum absolute atomic E-state index is 0.0206. The van der Waals surface area contributed by atoms with Gasteiger partial charge in [0.1, 0.15) is 12.3 Å². The summed E-state index contributed by atoms with van der Waals surface area (Å²) in [5, 5.41) is 0.515. The van der Waals surface area contributed by atoms with Crippen molar-refractivity contribution in [3.63, 3.8) is 0 Å². The molecular formula is C16H19ClN2O3. The van der Waals surface area contributed by atoms with E-state index in [0.717, 1.165) is 25.9 Å². The molecule has 3 rings (SSSR count). The standard InChI is InChI=1S/C16H19ClN2O3/c1-11-3-2-6-18(8-11)15(20)9-19-13-7-12(17)4-5-14(13)22-10-16(19)21/h4-5,7,11H,2-3,6,8-10H2,1H3. The number of hydrogen-bond acceptors (Lipinski definition) is 3. The number of piperidine rings is 1. The highest BCUT2D eigenvalue weighted by molar-refractivity contribution is 6.31. The number of fused-ring (bicyclic) bond motifs is 1. The van der Waals surface area contributed by atoms with Gasteiger partial charge in [-0.25, -0.2) is 0 Å². The number of carbonyl (C=O) groups is 2. The Morgan fingerprint density at radius 2 is 2.27 bits per heavy atom. The normalized spacial score (nSPS) is 21.4. The zero-order valence-corrected chi connectivity index (χ0v) is 13.3. The molecule has 1 aromatic rings. The number of likely N-dealkylation sites (tertiary alicyclic amines) is 1. The molecular weight excluding hydrogens is 304 g/mol. The molecule has 1 aromatic carbocycles. The van der Waals surface area contributed by atoms with Crippen LogP contribution in [-0.2, 0) is 9.59 Å². The van der Waals surface area contributed by atoms with E-state index in [1.807, 2.05) is 4.90 Å². The molecule has 1 unspecified atom stereocenters. The third-order valence-electron chi connectivity index (χ3n) is 4.17. The van der Waals surface area contributed by atoms with Gasteiger partial charge in [0, 0.05) is 18.1 Å². The molecule has 0 aromatic heterocycles. The van der Waals surface area contributed by atoms with Gasteiger partial charge in [-0.2, -0.15) is 0 Å². The van der Waals surface area contributed by atoms with Gasteiger partial charge >= 0.3 is 0 Å². The zero-order chi connectivity index (χ0) is 15.7. The van der Waals surface area contributed by atoms with Crippen molar-refractivity contribution in [2.75, 3.05) is 31.1 Å². The van der Waals surface area contributed by atoms with Crippen molar-refractivity contribution in [1.82, 2.24) is 4.90 Å². The third kappa shape index (κ3) is 3.04. The van der Waals surface area contributed by atoms with Crippen LogP contribution in [0.1, 0.15) is 19.8 Å². The first-order valence-electron chi connectivity index (χ1n) is 7.55. The Labute approximate surface area is 134 Å². The van der Waals surface area contributed by atoms with E-state index < -0.39 is 0 Å². The maximum absolute atomic E-state index is 12.5. The van der Waals surface area contributed by atoms with E-state index in [1.165, 1.54) is 4.90 Å². The summed E-state index contributed by atoms with van der Waals surface area (Å²) in [7, 11) is 0. The molecule has 0 N–H and O–H groups in total. The van der Waals surface area contributed by atoms with Crippen LogP contribution in [0.4, 0.5) is 5.69 Å². The summed E-state index contributed by atoms with van der Waals surface area (Å²) in [5.74, 6) is 0.865. The lowest BCUT2D eigenvalue weighted by Crippen LogP contribution is -2.48. The van der Waals surface area contributed by atoms with Gasteiger partial charge in [-0.1, -0.05) is 18.5 Å². The average molecular weight is 323 g/mol. The molecule has 2 amide bonds. The molecule has 0 saturated carbocycles.